The van der Waals surface area contributed by atoms with Gasteiger partial charge < -0.3 is 9.16 Å². The lowest BCUT2D eigenvalue weighted by Gasteiger charge is -2.47. The van der Waals surface area contributed by atoms with Gasteiger partial charge in [-0.1, -0.05) is 52.3 Å². The normalized spacial score (nSPS) is 23.4. The second kappa shape index (κ2) is 9.92. The second-order valence-corrected chi connectivity index (χ2v) is 18.3. The van der Waals surface area contributed by atoms with Crippen LogP contribution in [0.15, 0.2) is 24.3 Å². The Bertz CT molecular complexity index is 1090. The Kier molecular flexibility index (Phi) is 7.55. The molecular weight excluding hydrogens is 464 g/mol. The molecule has 0 radical (unpaired) electrons. The second-order valence-electron chi connectivity index (χ2n) is 13.5. The van der Waals surface area contributed by atoms with Crippen LogP contribution in [-0.4, -0.2) is 49.2 Å². The number of rotatable bonds is 5. The first-order valence-electron chi connectivity index (χ1n) is 14.0. The molecule has 1 saturated heterocycles. The molecular formula is C30H48N2O3Si. The van der Waals surface area contributed by atoms with Gasteiger partial charge in [0.25, 0.3) is 0 Å². The van der Waals surface area contributed by atoms with Gasteiger partial charge in [0.05, 0.1) is 17.3 Å². The third-order valence-corrected chi connectivity index (χ3v) is 13.5. The summed E-state index contributed by atoms with van der Waals surface area (Å²) < 4.78 is 14.4. The van der Waals surface area contributed by atoms with Crippen molar-refractivity contribution in [1.29, 1.82) is 0 Å². The number of para-hydroxylation sites is 1. The van der Waals surface area contributed by atoms with E-state index in [1.54, 1.807) is 0 Å². The third kappa shape index (κ3) is 5.32. The lowest BCUT2D eigenvalue weighted by Crippen LogP contribution is -2.47. The number of nitrogens with zero attached hydrogens (tertiary/aromatic N) is 2. The highest BCUT2D eigenvalue weighted by molar-refractivity contribution is 6.74. The molecule has 0 amide bonds. The molecule has 0 aliphatic carbocycles. The number of piperidine rings is 1. The van der Waals surface area contributed by atoms with Crippen molar-refractivity contribution in [3.8, 4) is 0 Å². The van der Waals surface area contributed by atoms with Crippen LogP contribution in [0.4, 0.5) is 4.79 Å². The van der Waals surface area contributed by atoms with Crippen molar-refractivity contribution >= 4 is 25.3 Å². The monoisotopic (exact) mass is 512 g/mol. The molecule has 0 spiro atoms. The topological polar surface area (TPSA) is 43.7 Å². The molecule has 3 heterocycles. The number of hydrogen-bond acceptors (Lipinski definition) is 4. The predicted octanol–water partition coefficient (Wildman–Crippen LogP) is 7.78. The van der Waals surface area contributed by atoms with Gasteiger partial charge in [0, 0.05) is 25.1 Å². The highest BCUT2D eigenvalue weighted by Gasteiger charge is 2.43. The van der Waals surface area contributed by atoms with E-state index in [0.29, 0.717) is 11.8 Å². The molecule has 0 bridgehead atoms. The smallest absolute Gasteiger partial charge is 0.419 e. The van der Waals surface area contributed by atoms with E-state index in [1.165, 1.54) is 23.1 Å². The molecule has 0 N–H and O–H groups in total. The number of hydrogen-bond donors (Lipinski definition) is 0. The fourth-order valence-electron chi connectivity index (χ4n) is 5.93. The van der Waals surface area contributed by atoms with Crippen molar-refractivity contribution in [2.24, 2.45) is 11.8 Å². The van der Waals surface area contributed by atoms with Crippen LogP contribution in [-0.2, 0) is 15.6 Å². The maximum atomic E-state index is 13.6. The highest BCUT2D eigenvalue weighted by Crippen LogP contribution is 2.46. The molecule has 1 aromatic heterocycles. The molecule has 2 aromatic rings. The number of fused-ring (bicyclic) bond motifs is 5. The Balaban J connectivity index is 1.65. The zero-order valence-corrected chi connectivity index (χ0v) is 25.1. The average molecular weight is 513 g/mol. The standard InChI is InChI=1S/C30H48N2O3Si/c1-10-21-20-31-17-15-24-23-13-11-12-14-25(23)32(28(33)35-29(2,3)4)27(24)26(31)19-22(21)16-18-34-36(8,9)30(5,6)7/h11-14,21-22,26H,10,15-20H2,1-9H3/t21-,22-,26-/m0/s1. The number of carbonyl (C=O) groups is 1. The van der Waals surface area contributed by atoms with E-state index in [9.17, 15) is 4.79 Å². The van der Waals surface area contributed by atoms with Crippen molar-refractivity contribution in [2.45, 2.75) is 104 Å². The minimum absolute atomic E-state index is 0.229. The summed E-state index contributed by atoms with van der Waals surface area (Å²) in [5.41, 5.74) is 2.95. The Hall–Kier alpha value is -1.63. The fraction of sp³-hybridized carbons (Fsp3) is 0.700. The van der Waals surface area contributed by atoms with Crippen LogP contribution < -0.4 is 0 Å². The van der Waals surface area contributed by atoms with Crippen LogP contribution >= 0.6 is 0 Å². The summed E-state index contributed by atoms with van der Waals surface area (Å²) in [4.78, 5) is 16.2. The van der Waals surface area contributed by atoms with Crippen LogP contribution in [0.1, 0.15) is 85.0 Å². The summed E-state index contributed by atoms with van der Waals surface area (Å²) in [7, 11) is -1.76. The zero-order valence-electron chi connectivity index (χ0n) is 24.1. The molecule has 2 aliphatic heterocycles. The Morgan fingerprint density at radius 1 is 1.08 bits per heavy atom. The molecule has 1 fully saturated rings. The molecule has 6 heteroatoms. The molecule has 0 unspecified atom stereocenters. The van der Waals surface area contributed by atoms with E-state index in [2.05, 4.69) is 63.9 Å². The maximum Gasteiger partial charge on any atom is 0.419 e. The van der Waals surface area contributed by atoms with Crippen LogP contribution in [0.5, 0.6) is 0 Å². The zero-order chi connectivity index (χ0) is 26.5. The highest BCUT2D eigenvalue weighted by atomic mass is 28.4. The molecule has 4 rings (SSSR count). The summed E-state index contributed by atoms with van der Waals surface area (Å²) in [5, 5.41) is 1.43. The quantitative estimate of drug-likeness (QED) is 0.384. The number of carbonyl (C=O) groups excluding carboxylic acids is 1. The van der Waals surface area contributed by atoms with Crippen molar-refractivity contribution in [3.05, 3.63) is 35.5 Å². The fourth-order valence-corrected chi connectivity index (χ4v) is 7.00. The Morgan fingerprint density at radius 3 is 2.42 bits per heavy atom. The van der Waals surface area contributed by atoms with Crippen LogP contribution in [0, 0.1) is 11.8 Å². The Morgan fingerprint density at radius 2 is 1.78 bits per heavy atom. The summed E-state index contributed by atoms with van der Waals surface area (Å²) in [6.45, 7) is 22.8. The van der Waals surface area contributed by atoms with Gasteiger partial charge in [0.1, 0.15) is 5.60 Å². The van der Waals surface area contributed by atoms with E-state index < -0.39 is 13.9 Å². The average Bonchev–Trinajstić information content (AvgIpc) is 3.11. The van der Waals surface area contributed by atoms with E-state index in [1.807, 2.05) is 31.4 Å². The van der Waals surface area contributed by atoms with Crippen molar-refractivity contribution < 1.29 is 14.0 Å². The largest absolute Gasteiger partial charge is 0.443 e. The lowest BCUT2D eigenvalue weighted by molar-refractivity contribution is 0.0330. The van der Waals surface area contributed by atoms with Gasteiger partial charge in [0.2, 0.25) is 0 Å². The van der Waals surface area contributed by atoms with Gasteiger partial charge in [-0.15, -0.1) is 0 Å². The number of aromatic nitrogens is 1. The molecule has 5 nitrogen and oxygen atoms in total. The van der Waals surface area contributed by atoms with Gasteiger partial charge in [-0.3, -0.25) is 4.90 Å². The first-order valence-corrected chi connectivity index (χ1v) is 16.9. The number of benzene rings is 1. The SMILES string of the molecule is CC[C@H]1CN2CCc3c(n(C(=O)OC(C)(C)C)c4ccccc34)[C@@H]2C[C@@H]1CCO[Si](C)(C)C(C)(C)C. The third-order valence-electron chi connectivity index (χ3n) is 8.95. The number of ether oxygens (including phenoxy) is 1. The van der Waals surface area contributed by atoms with Gasteiger partial charge in [-0.2, -0.15) is 0 Å². The van der Waals surface area contributed by atoms with E-state index in [4.69, 9.17) is 9.16 Å². The van der Waals surface area contributed by atoms with Crippen LogP contribution in [0.2, 0.25) is 18.1 Å². The van der Waals surface area contributed by atoms with Gasteiger partial charge in [0.15, 0.2) is 8.32 Å². The van der Waals surface area contributed by atoms with Gasteiger partial charge in [-0.25, -0.2) is 9.36 Å². The van der Waals surface area contributed by atoms with Crippen LogP contribution in [0.25, 0.3) is 10.9 Å². The molecule has 2 aliphatic rings. The predicted molar refractivity (Wildman–Crippen MR) is 151 cm³/mol. The summed E-state index contributed by atoms with van der Waals surface area (Å²) in [5.74, 6) is 1.27. The molecule has 1 aromatic carbocycles. The van der Waals surface area contributed by atoms with Crippen molar-refractivity contribution in [3.63, 3.8) is 0 Å². The molecule has 200 valence electrons. The summed E-state index contributed by atoms with van der Waals surface area (Å²) in [6.07, 6.45) is 4.09. The van der Waals surface area contributed by atoms with Crippen molar-refractivity contribution in [1.82, 2.24) is 9.47 Å². The first kappa shape index (κ1) is 27.4. The Labute approximate surface area is 219 Å². The van der Waals surface area contributed by atoms with E-state index in [0.717, 1.165) is 44.5 Å². The molecule has 36 heavy (non-hydrogen) atoms. The minimum Gasteiger partial charge on any atom is -0.443 e. The van der Waals surface area contributed by atoms with Gasteiger partial charge in [-0.05, 0) is 81.6 Å². The van der Waals surface area contributed by atoms with Gasteiger partial charge >= 0.3 is 6.09 Å². The molecule has 3 atom stereocenters. The van der Waals surface area contributed by atoms with E-state index >= 15 is 0 Å². The van der Waals surface area contributed by atoms with Crippen LogP contribution in [0.3, 0.4) is 0 Å². The maximum absolute atomic E-state index is 13.6. The van der Waals surface area contributed by atoms with E-state index in [-0.39, 0.29) is 17.2 Å². The molecule has 0 saturated carbocycles. The first-order chi connectivity index (χ1) is 16.7. The van der Waals surface area contributed by atoms with Crippen molar-refractivity contribution in [2.75, 3.05) is 19.7 Å². The summed E-state index contributed by atoms with van der Waals surface area (Å²) >= 11 is 0. The minimum atomic E-state index is -1.76. The summed E-state index contributed by atoms with van der Waals surface area (Å²) in [6, 6.07) is 8.61. The lowest BCUT2D eigenvalue weighted by atomic mass is 9.76.